The standard InChI is InChI=1S/C19H11Cl2F4N7O/c20-13-6-11(7-26-17(13)32-27-4-5-28-32)30-18(33)12-8-29-31(16(12)19(23,24)25)9-10-2-1-3-14(22)15(10)21/h1-8H,9H2,(H,30,33). The highest BCUT2D eigenvalue weighted by Crippen LogP contribution is 2.33. The first kappa shape index (κ1) is 22.7. The molecule has 3 aromatic heterocycles. The van der Waals surface area contributed by atoms with E-state index in [0.29, 0.717) is 4.68 Å². The second-order valence-corrected chi connectivity index (χ2v) is 7.36. The number of carbonyl (C=O) groups excluding carboxylic acids is 1. The van der Waals surface area contributed by atoms with Gasteiger partial charge in [0.05, 0.1) is 52.6 Å². The van der Waals surface area contributed by atoms with Gasteiger partial charge in [-0.3, -0.25) is 9.48 Å². The number of hydrogen-bond donors (Lipinski definition) is 1. The number of halogens is 6. The number of pyridine rings is 1. The molecule has 0 atom stereocenters. The first-order valence-corrected chi connectivity index (χ1v) is 9.80. The van der Waals surface area contributed by atoms with Gasteiger partial charge in [0.2, 0.25) is 0 Å². The van der Waals surface area contributed by atoms with Gasteiger partial charge in [0, 0.05) is 0 Å². The van der Waals surface area contributed by atoms with Crippen molar-refractivity contribution < 1.29 is 22.4 Å². The number of nitrogens with zero attached hydrogens (tertiary/aromatic N) is 6. The van der Waals surface area contributed by atoms with Gasteiger partial charge < -0.3 is 5.32 Å². The lowest BCUT2D eigenvalue weighted by Gasteiger charge is -2.14. The Hall–Kier alpha value is -3.51. The fourth-order valence-corrected chi connectivity index (χ4v) is 3.40. The van der Waals surface area contributed by atoms with E-state index < -0.39 is 35.7 Å². The van der Waals surface area contributed by atoms with Gasteiger partial charge in [-0.1, -0.05) is 35.3 Å². The minimum atomic E-state index is -4.94. The molecule has 0 fully saturated rings. The number of aromatic nitrogens is 6. The molecule has 1 N–H and O–H groups in total. The Balaban J connectivity index is 1.63. The first-order chi connectivity index (χ1) is 15.6. The number of alkyl halides is 3. The van der Waals surface area contributed by atoms with E-state index in [1.165, 1.54) is 36.8 Å². The number of carbonyl (C=O) groups is 1. The SMILES string of the molecule is O=C(Nc1cnc(-n2nccn2)c(Cl)c1)c1cnn(Cc2cccc(F)c2Cl)c1C(F)(F)F. The molecule has 0 saturated carbocycles. The van der Waals surface area contributed by atoms with Gasteiger partial charge in [-0.25, -0.2) is 9.37 Å². The fraction of sp³-hybridized carbons (Fsp3) is 0.105. The summed E-state index contributed by atoms with van der Waals surface area (Å²) in [6.07, 6.45) is -0.175. The second kappa shape index (κ2) is 8.79. The molecule has 0 aliphatic carbocycles. The van der Waals surface area contributed by atoms with Crippen molar-refractivity contribution in [2.45, 2.75) is 12.7 Å². The van der Waals surface area contributed by atoms with Gasteiger partial charge in [-0.2, -0.15) is 28.5 Å². The summed E-state index contributed by atoms with van der Waals surface area (Å²) in [5.74, 6) is -1.72. The van der Waals surface area contributed by atoms with Crippen LogP contribution in [0.15, 0.2) is 49.1 Å². The molecule has 8 nitrogen and oxygen atoms in total. The van der Waals surface area contributed by atoms with Crippen LogP contribution >= 0.6 is 23.2 Å². The van der Waals surface area contributed by atoms with E-state index in [2.05, 4.69) is 25.6 Å². The van der Waals surface area contributed by atoms with Crippen LogP contribution in [0.4, 0.5) is 23.2 Å². The highest BCUT2D eigenvalue weighted by molar-refractivity contribution is 6.32. The molecule has 0 aliphatic heterocycles. The van der Waals surface area contributed by atoms with Crippen molar-refractivity contribution in [3.63, 3.8) is 0 Å². The Labute approximate surface area is 192 Å². The molecule has 0 radical (unpaired) electrons. The van der Waals surface area contributed by atoms with Gasteiger partial charge in [-0.15, -0.1) is 4.80 Å². The topological polar surface area (TPSA) is 90.5 Å². The third kappa shape index (κ3) is 4.66. The van der Waals surface area contributed by atoms with Gasteiger partial charge in [-0.05, 0) is 17.7 Å². The lowest BCUT2D eigenvalue weighted by Crippen LogP contribution is -2.22. The molecule has 0 unspecified atom stereocenters. The average Bonchev–Trinajstić information content (AvgIpc) is 3.41. The van der Waals surface area contributed by atoms with Crippen LogP contribution in [0.3, 0.4) is 0 Å². The van der Waals surface area contributed by atoms with Gasteiger partial charge in [0.25, 0.3) is 5.91 Å². The zero-order valence-electron chi connectivity index (χ0n) is 16.2. The Morgan fingerprint density at radius 2 is 1.82 bits per heavy atom. The van der Waals surface area contributed by atoms with Crippen LogP contribution in [-0.2, 0) is 12.7 Å². The van der Waals surface area contributed by atoms with Crippen LogP contribution in [-0.4, -0.2) is 35.7 Å². The van der Waals surface area contributed by atoms with Crippen molar-refractivity contribution in [3.05, 3.63) is 81.7 Å². The number of anilines is 1. The maximum atomic E-state index is 13.8. The van der Waals surface area contributed by atoms with E-state index >= 15 is 0 Å². The van der Waals surface area contributed by atoms with Crippen molar-refractivity contribution in [3.8, 4) is 5.82 Å². The van der Waals surface area contributed by atoms with Crippen molar-refractivity contribution in [2.75, 3.05) is 5.32 Å². The Morgan fingerprint density at radius 1 is 1.09 bits per heavy atom. The van der Waals surface area contributed by atoms with Crippen molar-refractivity contribution in [1.29, 1.82) is 0 Å². The van der Waals surface area contributed by atoms with Gasteiger partial charge in [0.15, 0.2) is 11.5 Å². The smallest absolute Gasteiger partial charge is 0.320 e. The minimum Gasteiger partial charge on any atom is -0.320 e. The second-order valence-electron chi connectivity index (χ2n) is 6.58. The molecular weight excluding hydrogens is 489 g/mol. The third-order valence-electron chi connectivity index (χ3n) is 4.39. The number of benzene rings is 1. The molecule has 4 aromatic rings. The molecule has 0 saturated heterocycles. The molecule has 0 spiro atoms. The van der Waals surface area contributed by atoms with E-state index in [9.17, 15) is 22.4 Å². The molecule has 33 heavy (non-hydrogen) atoms. The average molecular weight is 500 g/mol. The molecule has 1 aromatic carbocycles. The normalized spacial score (nSPS) is 11.6. The van der Waals surface area contributed by atoms with E-state index in [1.807, 2.05) is 0 Å². The summed E-state index contributed by atoms with van der Waals surface area (Å²) < 4.78 is 55.6. The van der Waals surface area contributed by atoms with Crippen LogP contribution in [0.5, 0.6) is 0 Å². The van der Waals surface area contributed by atoms with E-state index in [1.54, 1.807) is 0 Å². The van der Waals surface area contributed by atoms with Crippen LogP contribution in [0.1, 0.15) is 21.6 Å². The summed E-state index contributed by atoms with van der Waals surface area (Å²) >= 11 is 12.0. The Morgan fingerprint density at radius 3 is 2.48 bits per heavy atom. The van der Waals surface area contributed by atoms with Crippen LogP contribution < -0.4 is 5.32 Å². The number of hydrogen-bond acceptors (Lipinski definition) is 5. The molecule has 4 rings (SSSR count). The molecule has 14 heteroatoms. The summed E-state index contributed by atoms with van der Waals surface area (Å²) in [6, 6.07) is 5.03. The predicted molar refractivity (Wildman–Crippen MR) is 110 cm³/mol. The van der Waals surface area contributed by atoms with Crippen molar-refractivity contribution >= 4 is 34.8 Å². The number of amides is 1. The van der Waals surface area contributed by atoms with Crippen LogP contribution in [0.2, 0.25) is 10.0 Å². The van der Waals surface area contributed by atoms with Crippen molar-refractivity contribution in [1.82, 2.24) is 29.8 Å². The number of rotatable bonds is 5. The minimum absolute atomic E-state index is 0.0370. The zero-order chi connectivity index (χ0) is 23.8. The lowest BCUT2D eigenvalue weighted by atomic mass is 10.2. The largest absolute Gasteiger partial charge is 0.433 e. The monoisotopic (exact) mass is 499 g/mol. The predicted octanol–water partition coefficient (Wildman–Crippen LogP) is 4.62. The summed E-state index contributed by atoms with van der Waals surface area (Å²) in [5, 5.41) is 13.4. The molecule has 1 amide bonds. The highest BCUT2D eigenvalue weighted by Gasteiger charge is 2.40. The molecule has 3 heterocycles. The van der Waals surface area contributed by atoms with E-state index in [4.69, 9.17) is 23.2 Å². The van der Waals surface area contributed by atoms with E-state index in [-0.39, 0.29) is 27.1 Å². The lowest BCUT2D eigenvalue weighted by molar-refractivity contribution is -0.144. The molecular formula is C19H11Cl2F4N7O. The number of nitrogens with one attached hydrogen (secondary N) is 1. The highest BCUT2D eigenvalue weighted by atomic mass is 35.5. The quantitative estimate of drug-likeness (QED) is 0.404. The molecule has 0 bridgehead atoms. The van der Waals surface area contributed by atoms with Crippen molar-refractivity contribution in [2.24, 2.45) is 0 Å². The first-order valence-electron chi connectivity index (χ1n) is 9.04. The molecule has 0 aliphatic rings. The summed E-state index contributed by atoms with van der Waals surface area (Å²) in [6.45, 7) is -0.502. The van der Waals surface area contributed by atoms with Gasteiger partial charge in [0.1, 0.15) is 5.82 Å². The Kier molecular flexibility index (Phi) is 6.04. The maximum absolute atomic E-state index is 13.8. The van der Waals surface area contributed by atoms with E-state index in [0.717, 1.165) is 17.1 Å². The zero-order valence-corrected chi connectivity index (χ0v) is 17.7. The van der Waals surface area contributed by atoms with Crippen LogP contribution in [0.25, 0.3) is 5.82 Å². The fourth-order valence-electron chi connectivity index (χ4n) is 2.97. The maximum Gasteiger partial charge on any atom is 0.433 e. The Bertz CT molecular complexity index is 1320. The summed E-state index contributed by atoms with van der Waals surface area (Å²) in [5.41, 5.74) is -1.97. The van der Waals surface area contributed by atoms with Gasteiger partial charge >= 0.3 is 6.18 Å². The third-order valence-corrected chi connectivity index (χ3v) is 5.09. The molecule has 170 valence electrons. The van der Waals surface area contributed by atoms with Crippen LogP contribution in [0, 0.1) is 5.82 Å². The summed E-state index contributed by atoms with van der Waals surface area (Å²) in [4.78, 5) is 17.8. The summed E-state index contributed by atoms with van der Waals surface area (Å²) in [7, 11) is 0.